The first-order chi connectivity index (χ1) is 6.88. The van der Waals surface area contributed by atoms with E-state index in [0.717, 1.165) is 12.8 Å². The summed E-state index contributed by atoms with van der Waals surface area (Å²) >= 11 is 0. The van der Waals surface area contributed by atoms with Gasteiger partial charge in [0.1, 0.15) is 5.82 Å². The first-order valence-corrected chi connectivity index (χ1v) is 5.71. The third-order valence-corrected chi connectivity index (χ3v) is 3.07. The molecule has 0 fully saturated rings. The summed E-state index contributed by atoms with van der Waals surface area (Å²) in [5.41, 5.74) is 8.44. The van der Waals surface area contributed by atoms with E-state index < -0.39 is 0 Å². The quantitative estimate of drug-likeness (QED) is 0.801. The average molecular weight is 209 g/mol. The monoisotopic (exact) mass is 209 g/mol. The zero-order chi connectivity index (χ0) is 11.6. The lowest BCUT2D eigenvalue weighted by Crippen LogP contribution is -2.19. The molecule has 0 bridgehead atoms. The number of rotatable bonds is 4. The maximum absolute atomic E-state index is 5.90. The zero-order valence-corrected chi connectivity index (χ0v) is 10.5. The highest BCUT2D eigenvalue weighted by atomic mass is 15.2. The van der Waals surface area contributed by atoms with Gasteiger partial charge in [-0.3, -0.25) is 5.10 Å². The number of anilines is 1. The van der Waals surface area contributed by atoms with Crippen LogP contribution < -0.4 is 5.73 Å². The molecule has 0 aromatic carbocycles. The second-order valence-corrected chi connectivity index (χ2v) is 5.30. The van der Waals surface area contributed by atoms with Gasteiger partial charge >= 0.3 is 0 Å². The van der Waals surface area contributed by atoms with E-state index in [2.05, 4.69) is 44.8 Å². The van der Waals surface area contributed by atoms with E-state index in [1.807, 2.05) is 0 Å². The molecule has 3 N–H and O–H groups in total. The Morgan fingerprint density at radius 2 is 2.00 bits per heavy atom. The molecular formula is C12H23N3. The van der Waals surface area contributed by atoms with Gasteiger partial charge in [-0.15, -0.1) is 0 Å². The lowest BCUT2D eigenvalue weighted by molar-refractivity contribution is 0.480. The van der Waals surface area contributed by atoms with Gasteiger partial charge in [-0.1, -0.05) is 34.6 Å². The highest BCUT2D eigenvalue weighted by Crippen LogP contribution is 2.31. The first-order valence-electron chi connectivity index (χ1n) is 5.71. The number of nitrogen functional groups attached to an aromatic ring is 1. The van der Waals surface area contributed by atoms with Gasteiger partial charge in [0.15, 0.2) is 0 Å². The molecule has 0 spiro atoms. The number of nitrogens with two attached hydrogens (primary N) is 1. The van der Waals surface area contributed by atoms with Gasteiger partial charge < -0.3 is 5.73 Å². The molecule has 3 nitrogen and oxygen atoms in total. The first kappa shape index (κ1) is 12.1. The van der Waals surface area contributed by atoms with Crippen molar-refractivity contribution in [1.82, 2.24) is 10.2 Å². The summed E-state index contributed by atoms with van der Waals surface area (Å²) in [5, 5.41) is 7.23. The Morgan fingerprint density at radius 3 is 2.47 bits per heavy atom. The van der Waals surface area contributed by atoms with Crippen molar-refractivity contribution in [3.05, 3.63) is 11.3 Å². The van der Waals surface area contributed by atoms with E-state index >= 15 is 0 Å². The predicted octanol–water partition coefficient (Wildman–Crippen LogP) is 2.88. The van der Waals surface area contributed by atoms with Gasteiger partial charge in [0.2, 0.25) is 0 Å². The van der Waals surface area contributed by atoms with Crippen molar-refractivity contribution in [3.8, 4) is 0 Å². The van der Waals surface area contributed by atoms with Gasteiger partial charge in [0, 0.05) is 16.7 Å². The smallest absolute Gasteiger partial charge is 0.148 e. The highest BCUT2D eigenvalue weighted by Gasteiger charge is 2.25. The van der Waals surface area contributed by atoms with Gasteiger partial charge in [-0.25, -0.2) is 0 Å². The number of nitrogens with one attached hydrogen (secondary N) is 1. The van der Waals surface area contributed by atoms with E-state index in [0.29, 0.717) is 11.7 Å². The minimum Gasteiger partial charge on any atom is -0.382 e. The third-order valence-electron chi connectivity index (χ3n) is 3.07. The number of H-pyrrole nitrogens is 1. The van der Waals surface area contributed by atoms with Crippen molar-refractivity contribution in [2.24, 2.45) is 5.92 Å². The molecule has 1 aromatic rings. The number of aromatic amines is 1. The largest absolute Gasteiger partial charge is 0.382 e. The Bertz CT molecular complexity index is 324. The molecule has 0 saturated carbocycles. The lowest BCUT2D eigenvalue weighted by atomic mass is 9.82. The molecule has 0 aliphatic carbocycles. The maximum Gasteiger partial charge on any atom is 0.148 e. The summed E-state index contributed by atoms with van der Waals surface area (Å²) in [6, 6.07) is 0. The summed E-state index contributed by atoms with van der Waals surface area (Å²) in [7, 11) is 0. The van der Waals surface area contributed by atoms with Crippen LogP contribution in [0.15, 0.2) is 0 Å². The van der Waals surface area contributed by atoms with Crippen LogP contribution in [0.25, 0.3) is 0 Å². The minimum atomic E-state index is 0.134. The van der Waals surface area contributed by atoms with Crippen molar-refractivity contribution in [2.45, 2.75) is 52.9 Å². The molecule has 15 heavy (non-hydrogen) atoms. The summed E-state index contributed by atoms with van der Waals surface area (Å²) in [6.07, 6.45) is 2.08. The van der Waals surface area contributed by atoms with E-state index in [9.17, 15) is 0 Å². The number of hydrogen-bond donors (Lipinski definition) is 2. The second kappa shape index (κ2) is 4.25. The van der Waals surface area contributed by atoms with Gasteiger partial charge in [0.05, 0.1) is 0 Å². The Labute approximate surface area is 92.5 Å². The minimum absolute atomic E-state index is 0.134. The molecule has 86 valence electrons. The van der Waals surface area contributed by atoms with Crippen LogP contribution in [0.2, 0.25) is 0 Å². The Balaban J connectivity index is 3.08. The lowest BCUT2D eigenvalue weighted by Gasteiger charge is -2.23. The molecule has 0 radical (unpaired) electrons. The molecule has 0 aliphatic heterocycles. The van der Waals surface area contributed by atoms with Gasteiger partial charge in [-0.05, 0) is 18.8 Å². The van der Waals surface area contributed by atoms with Crippen molar-refractivity contribution >= 4 is 5.82 Å². The Kier molecular flexibility index (Phi) is 3.42. The van der Waals surface area contributed by atoms with Gasteiger partial charge in [-0.2, -0.15) is 5.10 Å². The summed E-state index contributed by atoms with van der Waals surface area (Å²) in [5.74, 6) is 1.27. The van der Waals surface area contributed by atoms with Crippen LogP contribution >= 0.6 is 0 Å². The normalized spacial score (nSPS) is 12.4. The van der Waals surface area contributed by atoms with Crippen LogP contribution in [0.5, 0.6) is 0 Å². The second-order valence-electron chi connectivity index (χ2n) is 5.30. The summed E-state index contributed by atoms with van der Waals surface area (Å²) < 4.78 is 0. The average Bonchev–Trinajstić information content (AvgIpc) is 2.48. The van der Waals surface area contributed by atoms with Crippen LogP contribution in [0.1, 0.15) is 52.3 Å². The standard InChI is InChI=1S/C12H23N3/c1-6-12(4,5)10-9(7-8(2)3)11(13)15-14-10/h8H,6-7H2,1-5H3,(H3,13,14,15). The van der Waals surface area contributed by atoms with Crippen LogP contribution in [-0.4, -0.2) is 10.2 Å². The number of hydrogen-bond acceptors (Lipinski definition) is 2. The Morgan fingerprint density at radius 1 is 1.40 bits per heavy atom. The molecule has 0 atom stereocenters. The number of aromatic nitrogens is 2. The molecule has 1 heterocycles. The maximum atomic E-state index is 5.90. The van der Waals surface area contributed by atoms with Crippen molar-refractivity contribution in [2.75, 3.05) is 5.73 Å². The Hall–Kier alpha value is -0.990. The molecule has 0 unspecified atom stereocenters. The summed E-state index contributed by atoms with van der Waals surface area (Å²) in [6.45, 7) is 11.0. The van der Waals surface area contributed by atoms with Crippen LogP contribution in [0.4, 0.5) is 5.82 Å². The van der Waals surface area contributed by atoms with Crippen LogP contribution in [-0.2, 0) is 11.8 Å². The predicted molar refractivity (Wildman–Crippen MR) is 64.9 cm³/mol. The van der Waals surface area contributed by atoms with E-state index in [1.165, 1.54) is 11.3 Å². The molecule has 1 rings (SSSR count). The fraction of sp³-hybridized carbons (Fsp3) is 0.750. The number of nitrogens with zero attached hydrogens (tertiary/aromatic N) is 1. The van der Waals surface area contributed by atoms with Crippen LogP contribution in [0.3, 0.4) is 0 Å². The molecule has 0 aliphatic rings. The zero-order valence-electron chi connectivity index (χ0n) is 10.5. The van der Waals surface area contributed by atoms with Gasteiger partial charge in [0.25, 0.3) is 0 Å². The summed E-state index contributed by atoms with van der Waals surface area (Å²) in [4.78, 5) is 0. The third kappa shape index (κ3) is 2.52. The van der Waals surface area contributed by atoms with Crippen LogP contribution in [0, 0.1) is 5.92 Å². The SMILES string of the molecule is CCC(C)(C)c1[nH]nc(N)c1CC(C)C. The fourth-order valence-corrected chi connectivity index (χ4v) is 1.73. The molecule has 0 saturated heterocycles. The molecular weight excluding hydrogens is 186 g/mol. The molecule has 1 aromatic heterocycles. The van der Waals surface area contributed by atoms with Crippen molar-refractivity contribution < 1.29 is 0 Å². The highest BCUT2D eigenvalue weighted by molar-refractivity contribution is 5.44. The fourth-order valence-electron chi connectivity index (χ4n) is 1.73. The van der Waals surface area contributed by atoms with E-state index in [4.69, 9.17) is 5.73 Å². The molecule has 0 amide bonds. The van der Waals surface area contributed by atoms with Crippen molar-refractivity contribution in [1.29, 1.82) is 0 Å². The van der Waals surface area contributed by atoms with E-state index in [-0.39, 0.29) is 5.41 Å². The van der Waals surface area contributed by atoms with E-state index in [1.54, 1.807) is 0 Å². The van der Waals surface area contributed by atoms with Crippen molar-refractivity contribution in [3.63, 3.8) is 0 Å². The molecule has 3 heteroatoms. The topological polar surface area (TPSA) is 54.7 Å².